The van der Waals surface area contributed by atoms with Crippen LogP contribution in [0.25, 0.3) is 10.2 Å². The van der Waals surface area contributed by atoms with E-state index in [9.17, 15) is 4.79 Å². The van der Waals surface area contributed by atoms with Gasteiger partial charge in [0.15, 0.2) is 5.13 Å². The molecule has 0 unspecified atom stereocenters. The zero-order chi connectivity index (χ0) is 17.8. The minimum atomic E-state index is 0. The van der Waals surface area contributed by atoms with E-state index in [-0.39, 0.29) is 18.3 Å². The first-order valence-corrected chi connectivity index (χ1v) is 9.95. The molecule has 144 valence electrons. The van der Waals surface area contributed by atoms with Crippen LogP contribution >= 0.6 is 35.3 Å². The number of ether oxygens (including phenoxy) is 1. The van der Waals surface area contributed by atoms with Crippen molar-refractivity contribution in [3.63, 3.8) is 0 Å². The summed E-state index contributed by atoms with van der Waals surface area (Å²) < 4.78 is 6.35. The number of aryl methyl sites for hydroxylation is 1. The molecule has 0 bridgehead atoms. The number of morpholine rings is 1. The maximum absolute atomic E-state index is 12.7. The molecule has 0 aliphatic carbocycles. The number of hydrogen-bond donors (Lipinski definition) is 0. The molecule has 0 spiro atoms. The number of anilines is 1. The van der Waals surface area contributed by atoms with Gasteiger partial charge >= 0.3 is 0 Å². The van der Waals surface area contributed by atoms with Gasteiger partial charge in [0.1, 0.15) is 0 Å². The first-order chi connectivity index (χ1) is 12.1. The number of carbonyl (C=O) groups is 1. The number of benzene rings is 1. The Labute approximate surface area is 169 Å². The van der Waals surface area contributed by atoms with Gasteiger partial charge in [-0.25, -0.2) is 4.98 Å². The van der Waals surface area contributed by atoms with E-state index in [0.29, 0.717) is 18.0 Å². The third kappa shape index (κ3) is 4.87. The summed E-state index contributed by atoms with van der Waals surface area (Å²) in [4.78, 5) is 21.6. The highest BCUT2D eigenvalue weighted by Gasteiger charge is 2.22. The second-order valence-corrected chi connectivity index (χ2v) is 7.67. The molecule has 1 aromatic carbocycles. The van der Waals surface area contributed by atoms with Crippen molar-refractivity contribution >= 4 is 56.6 Å². The van der Waals surface area contributed by atoms with Gasteiger partial charge in [0, 0.05) is 32.6 Å². The van der Waals surface area contributed by atoms with Crippen LogP contribution < -0.4 is 4.90 Å². The summed E-state index contributed by atoms with van der Waals surface area (Å²) in [5.41, 5.74) is 1.98. The molecule has 0 N–H and O–H groups in total. The minimum Gasteiger partial charge on any atom is -0.379 e. The van der Waals surface area contributed by atoms with Crippen LogP contribution in [0.15, 0.2) is 12.1 Å². The zero-order valence-electron chi connectivity index (χ0n) is 15.2. The van der Waals surface area contributed by atoms with Crippen molar-refractivity contribution in [3.05, 3.63) is 22.7 Å². The summed E-state index contributed by atoms with van der Waals surface area (Å²) in [5, 5.41) is 1.44. The highest BCUT2D eigenvalue weighted by molar-refractivity contribution is 7.23. The predicted molar refractivity (Wildman–Crippen MR) is 111 cm³/mol. The first-order valence-electron chi connectivity index (χ1n) is 8.76. The number of amides is 1. The average molecular weight is 418 g/mol. The Morgan fingerprint density at radius 3 is 2.77 bits per heavy atom. The number of rotatable bonds is 6. The second-order valence-electron chi connectivity index (χ2n) is 6.29. The fourth-order valence-corrected chi connectivity index (χ4v) is 4.31. The number of halogens is 2. The van der Waals surface area contributed by atoms with Gasteiger partial charge in [-0.05, 0) is 25.0 Å². The molecule has 2 aromatic rings. The molecule has 1 aromatic heterocycles. The molecule has 3 rings (SSSR count). The lowest BCUT2D eigenvalue weighted by Crippen LogP contribution is -2.43. The van der Waals surface area contributed by atoms with Crippen LogP contribution in [0.5, 0.6) is 0 Å². The summed E-state index contributed by atoms with van der Waals surface area (Å²) >= 11 is 7.84. The molecule has 0 atom stereocenters. The molecule has 0 saturated carbocycles. The fourth-order valence-electron chi connectivity index (χ4n) is 2.95. The van der Waals surface area contributed by atoms with Crippen LogP contribution in [0.2, 0.25) is 5.02 Å². The van der Waals surface area contributed by atoms with Gasteiger partial charge in [0.25, 0.3) is 0 Å². The molecule has 1 aliphatic rings. The SMILES string of the molecule is CCCC(=O)N(CCN1CCOCC1)c1nc2c(C)ccc(Cl)c2s1.Cl. The van der Waals surface area contributed by atoms with Crippen molar-refractivity contribution in [2.24, 2.45) is 0 Å². The molecular weight excluding hydrogens is 393 g/mol. The molecule has 1 saturated heterocycles. The van der Waals surface area contributed by atoms with E-state index in [2.05, 4.69) is 4.90 Å². The van der Waals surface area contributed by atoms with E-state index < -0.39 is 0 Å². The monoisotopic (exact) mass is 417 g/mol. The van der Waals surface area contributed by atoms with E-state index in [1.165, 1.54) is 11.3 Å². The maximum atomic E-state index is 12.7. The van der Waals surface area contributed by atoms with Crippen molar-refractivity contribution < 1.29 is 9.53 Å². The maximum Gasteiger partial charge on any atom is 0.228 e. The lowest BCUT2D eigenvalue weighted by atomic mass is 10.2. The molecule has 2 heterocycles. The molecule has 1 fully saturated rings. The zero-order valence-corrected chi connectivity index (χ0v) is 17.6. The highest BCUT2D eigenvalue weighted by Crippen LogP contribution is 2.35. The number of fused-ring (bicyclic) bond motifs is 1. The number of aromatic nitrogens is 1. The van der Waals surface area contributed by atoms with Gasteiger partial charge in [-0.1, -0.05) is 35.9 Å². The lowest BCUT2D eigenvalue weighted by Gasteiger charge is -2.29. The largest absolute Gasteiger partial charge is 0.379 e. The van der Waals surface area contributed by atoms with Gasteiger partial charge in [-0.2, -0.15) is 0 Å². The summed E-state index contributed by atoms with van der Waals surface area (Å²) in [6.07, 6.45) is 1.36. The van der Waals surface area contributed by atoms with E-state index in [1.807, 2.05) is 30.9 Å². The fraction of sp³-hybridized carbons (Fsp3) is 0.556. The van der Waals surface area contributed by atoms with Crippen molar-refractivity contribution in [3.8, 4) is 0 Å². The second kappa shape index (κ2) is 9.85. The summed E-state index contributed by atoms with van der Waals surface area (Å²) in [5.74, 6) is 0.128. The Hall–Kier alpha value is -0.920. The van der Waals surface area contributed by atoms with Crippen LogP contribution in [-0.4, -0.2) is 55.2 Å². The topological polar surface area (TPSA) is 45.7 Å². The quantitative estimate of drug-likeness (QED) is 0.707. The van der Waals surface area contributed by atoms with Gasteiger partial charge in [0.2, 0.25) is 5.91 Å². The minimum absolute atomic E-state index is 0. The lowest BCUT2D eigenvalue weighted by molar-refractivity contribution is -0.118. The molecular formula is C18H25Cl2N3O2S. The van der Waals surface area contributed by atoms with E-state index in [1.54, 1.807) is 0 Å². The number of hydrogen-bond acceptors (Lipinski definition) is 5. The Morgan fingerprint density at radius 1 is 1.38 bits per heavy atom. The molecule has 8 heteroatoms. The van der Waals surface area contributed by atoms with Crippen LogP contribution in [-0.2, 0) is 9.53 Å². The molecule has 1 aliphatic heterocycles. The standard InChI is InChI=1S/C18H24ClN3O2S.ClH/c1-3-4-15(23)22(8-7-21-9-11-24-12-10-21)18-20-16-13(2)5-6-14(19)17(16)25-18;/h5-6H,3-4,7-12H2,1-2H3;1H. The van der Waals surface area contributed by atoms with E-state index in [0.717, 1.165) is 60.2 Å². The average Bonchev–Trinajstić information content (AvgIpc) is 3.06. The third-order valence-electron chi connectivity index (χ3n) is 4.43. The van der Waals surface area contributed by atoms with Crippen molar-refractivity contribution in [2.45, 2.75) is 26.7 Å². The molecule has 5 nitrogen and oxygen atoms in total. The van der Waals surface area contributed by atoms with Gasteiger partial charge in [0.05, 0.1) is 28.5 Å². The molecule has 1 amide bonds. The van der Waals surface area contributed by atoms with Crippen LogP contribution in [0.3, 0.4) is 0 Å². The molecule has 26 heavy (non-hydrogen) atoms. The Balaban J connectivity index is 0.00000243. The Bertz CT molecular complexity index is 708. The van der Waals surface area contributed by atoms with Crippen molar-refractivity contribution in [1.82, 2.24) is 9.88 Å². The van der Waals surface area contributed by atoms with Crippen molar-refractivity contribution in [2.75, 3.05) is 44.3 Å². The Kier molecular flexibility index (Phi) is 8.10. The van der Waals surface area contributed by atoms with E-state index in [4.69, 9.17) is 21.3 Å². The van der Waals surface area contributed by atoms with Gasteiger partial charge < -0.3 is 4.74 Å². The highest BCUT2D eigenvalue weighted by atomic mass is 35.5. The smallest absolute Gasteiger partial charge is 0.228 e. The number of carbonyl (C=O) groups excluding carboxylic acids is 1. The van der Waals surface area contributed by atoms with Crippen molar-refractivity contribution in [1.29, 1.82) is 0 Å². The summed E-state index contributed by atoms with van der Waals surface area (Å²) in [6.45, 7) is 8.89. The Morgan fingerprint density at radius 2 is 2.12 bits per heavy atom. The van der Waals surface area contributed by atoms with Gasteiger partial charge in [-0.15, -0.1) is 12.4 Å². The van der Waals surface area contributed by atoms with Crippen LogP contribution in [0.4, 0.5) is 5.13 Å². The number of nitrogens with zero attached hydrogens (tertiary/aromatic N) is 3. The van der Waals surface area contributed by atoms with Gasteiger partial charge in [-0.3, -0.25) is 14.6 Å². The summed E-state index contributed by atoms with van der Waals surface area (Å²) in [7, 11) is 0. The summed E-state index contributed by atoms with van der Waals surface area (Å²) in [6, 6.07) is 3.87. The normalized spacial score (nSPS) is 15.0. The van der Waals surface area contributed by atoms with E-state index >= 15 is 0 Å². The number of thiazole rings is 1. The third-order valence-corrected chi connectivity index (χ3v) is 5.96. The first kappa shape index (κ1) is 21.4. The van der Waals surface area contributed by atoms with Crippen LogP contribution in [0, 0.1) is 6.92 Å². The molecule has 0 radical (unpaired) electrons. The predicted octanol–water partition coefficient (Wildman–Crippen LogP) is 4.15. The van der Waals surface area contributed by atoms with Crippen LogP contribution in [0.1, 0.15) is 25.3 Å².